The van der Waals surface area contributed by atoms with E-state index in [1.165, 1.54) is 19.3 Å². The molecule has 3 rings (SSSR count). The highest BCUT2D eigenvalue weighted by atomic mass is 35.5. The number of rotatable bonds is 6. The molecule has 1 saturated heterocycles. The van der Waals surface area contributed by atoms with Crippen LogP contribution in [0.5, 0.6) is 0 Å². The molecule has 0 aromatic heterocycles. The molecule has 3 nitrogen and oxygen atoms in total. The first-order chi connectivity index (χ1) is 11.7. The van der Waals surface area contributed by atoms with Gasteiger partial charge in [-0.1, -0.05) is 55.8 Å². The number of carbonyl (C=O) groups is 1. The average molecular weight is 362 g/mol. The molecule has 1 unspecified atom stereocenters. The van der Waals surface area contributed by atoms with Crippen LogP contribution in [0.15, 0.2) is 42.5 Å². The average Bonchev–Trinajstić information content (AvgIpc) is 2.63. The number of carboxylic acid groups (broad SMARTS) is 1. The highest BCUT2D eigenvalue weighted by molar-refractivity contribution is 5.93. The van der Waals surface area contributed by atoms with Crippen LogP contribution in [-0.2, 0) is 10.2 Å². The second-order valence-corrected chi connectivity index (χ2v) is 6.92. The van der Waals surface area contributed by atoms with E-state index in [9.17, 15) is 9.90 Å². The summed E-state index contributed by atoms with van der Waals surface area (Å²) >= 11 is 0. The topological polar surface area (TPSA) is 40.5 Å². The lowest BCUT2D eigenvalue weighted by atomic mass is 9.73. The number of carboxylic acids is 1. The number of likely N-dealkylation sites (tertiary alicyclic amines) is 1. The number of halogens is 1. The molecule has 1 heterocycles. The first-order valence-corrected chi connectivity index (χ1v) is 9.11. The molecule has 1 N–H and O–H groups in total. The van der Waals surface area contributed by atoms with Crippen molar-refractivity contribution < 1.29 is 9.90 Å². The molecule has 0 radical (unpaired) electrons. The largest absolute Gasteiger partial charge is 0.481 e. The lowest BCUT2D eigenvalue weighted by Gasteiger charge is -2.34. The summed E-state index contributed by atoms with van der Waals surface area (Å²) in [4.78, 5) is 14.8. The quantitative estimate of drug-likeness (QED) is 0.797. The van der Waals surface area contributed by atoms with Gasteiger partial charge in [-0.15, -0.1) is 12.4 Å². The second-order valence-electron chi connectivity index (χ2n) is 6.92. The summed E-state index contributed by atoms with van der Waals surface area (Å²) < 4.78 is 0. The van der Waals surface area contributed by atoms with Crippen molar-refractivity contribution in [3.05, 3.63) is 48.0 Å². The van der Waals surface area contributed by atoms with Crippen molar-refractivity contribution in [3.8, 4) is 0 Å². The lowest BCUT2D eigenvalue weighted by molar-refractivity contribution is -0.144. The van der Waals surface area contributed by atoms with Gasteiger partial charge in [0.25, 0.3) is 0 Å². The van der Waals surface area contributed by atoms with Gasteiger partial charge in [-0.05, 0) is 61.7 Å². The van der Waals surface area contributed by atoms with Crippen LogP contribution in [0.4, 0.5) is 0 Å². The molecule has 2 aromatic carbocycles. The summed E-state index contributed by atoms with van der Waals surface area (Å²) in [6.07, 6.45) is 5.07. The highest BCUT2D eigenvalue weighted by Crippen LogP contribution is 2.37. The van der Waals surface area contributed by atoms with Crippen molar-refractivity contribution in [2.45, 2.75) is 44.4 Å². The van der Waals surface area contributed by atoms with Crippen LogP contribution in [0.3, 0.4) is 0 Å². The summed E-state index contributed by atoms with van der Waals surface area (Å²) in [5.74, 6) is -0.696. The van der Waals surface area contributed by atoms with Crippen molar-refractivity contribution in [1.82, 2.24) is 4.90 Å². The van der Waals surface area contributed by atoms with Crippen molar-refractivity contribution >= 4 is 29.1 Å². The summed E-state index contributed by atoms with van der Waals surface area (Å²) in [6.45, 7) is 5.08. The number of nitrogens with zero attached hydrogens (tertiary/aromatic N) is 1. The Labute approximate surface area is 156 Å². The molecular formula is C21H28ClNO2. The predicted molar refractivity (Wildman–Crippen MR) is 106 cm³/mol. The van der Waals surface area contributed by atoms with Crippen molar-refractivity contribution in [2.24, 2.45) is 0 Å². The Balaban J connectivity index is 0.00000225. The Morgan fingerprint density at radius 2 is 1.76 bits per heavy atom. The smallest absolute Gasteiger partial charge is 0.314 e. The van der Waals surface area contributed by atoms with E-state index in [4.69, 9.17) is 0 Å². The molecule has 0 bridgehead atoms. The minimum atomic E-state index is -0.807. The number of aliphatic carboxylic acids is 1. The normalized spacial score (nSPS) is 17.6. The molecule has 136 valence electrons. The van der Waals surface area contributed by atoms with Crippen molar-refractivity contribution in [1.29, 1.82) is 0 Å². The summed E-state index contributed by atoms with van der Waals surface area (Å²) in [6, 6.07) is 14.2. The van der Waals surface area contributed by atoms with Gasteiger partial charge in [0.1, 0.15) is 0 Å². The van der Waals surface area contributed by atoms with Gasteiger partial charge in [0.05, 0.1) is 5.41 Å². The van der Waals surface area contributed by atoms with E-state index in [1.807, 2.05) is 31.2 Å². The Kier molecular flexibility index (Phi) is 6.86. The summed E-state index contributed by atoms with van der Waals surface area (Å²) in [7, 11) is 0. The fourth-order valence-electron chi connectivity index (χ4n) is 4.05. The van der Waals surface area contributed by atoms with Crippen LogP contribution in [0.25, 0.3) is 10.8 Å². The van der Waals surface area contributed by atoms with Crippen molar-refractivity contribution in [2.75, 3.05) is 19.6 Å². The van der Waals surface area contributed by atoms with E-state index in [1.54, 1.807) is 0 Å². The zero-order valence-electron chi connectivity index (χ0n) is 14.9. The van der Waals surface area contributed by atoms with Gasteiger partial charge >= 0.3 is 5.97 Å². The second kappa shape index (κ2) is 8.68. The van der Waals surface area contributed by atoms with Gasteiger partial charge in [-0.3, -0.25) is 4.79 Å². The van der Waals surface area contributed by atoms with Crippen LogP contribution in [0.2, 0.25) is 0 Å². The summed E-state index contributed by atoms with van der Waals surface area (Å²) in [5.41, 5.74) is 0.158. The van der Waals surface area contributed by atoms with Crippen LogP contribution in [-0.4, -0.2) is 35.6 Å². The maximum Gasteiger partial charge on any atom is 0.314 e. The molecule has 4 heteroatoms. The number of benzene rings is 2. The molecular weight excluding hydrogens is 334 g/mol. The fourth-order valence-corrected chi connectivity index (χ4v) is 4.05. The maximum atomic E-state index is 12.4. The monoisotopic (exact) mass is 361 g/mol. The third kappa shape index (κ3) is 3.99. The minimum Gasteiger partial charge on any atom is -0.481 e. The third-order valence-corrected chi connectivity index (χ3v) is 5.62. The molecule has 1 fully saturated rings. The number of fused-ring (bicyclic) bond motifs is 1. The zero-order chi connectivity index (χ0) is 17.0. The molecule has 1 atom stereocenters. The Hall–Kier alpha value is -1.58. The van der Waals surface area contributed by atoms with Gasteiger partial charge < -0.3 is 10.0 Å². The molecule has 0 saturated carbocycles. The van der Waals surface area contributed by atoms with E-state index in [0.717, 1.165) is 36.0 Å². The first kappa shape index (κ1) is 19.7. The lowest BCUT2D eigenvalue weighted by Crippen LogP contribution is -2.40. The molecule has 0 spiro atoms. The first-order valence-electron chi connectivity index (χ1n) is 9.11. The van der Waals surface area contributed by atoms with Gasteiger partial charge in [0.15, 0.2) is 0 Å². The van der Waals surface area contributed by atoms with E-state index < -0.39 is 11.4 Å². The standard InChI is InChI=1S/C21H27NO2.ClH/c1-2-21(20(23)24,13-16-22-14-6-3-7-15-22)19-12-8-10-17-9-4-5-11-18(17)19;/h4-5,8-12H,2-3,6-7,13-16H2,1H3,(H,23,24);1H. The minimum absolute atomic E-state index is 0. The SMILES string of the molecule is CCC(CCN1CCCCC1)(C(=O)O)c1cccc2ccccc12.Cl. The maximum absolute atomic E-state index is 12.4. The molecule has 1 aliphatic rings. The van der Waals surface area contributed by atoms with E-state index in [0.29, 0.717) is 12.8 Å². The van der Waals surface area contributed by atoms with Crippen molar-refractivity contribution in [3.63, 3.8) is 0 Å². The zero-order valence-corrected chi connectivity index (χ0v) is 15.7. The van der Waals surface area contributed by atoms with Crippen LogP contribution < -0.4 is 0 Å². The molecule has 2 aromatic rings. The number of hydrogen-bond donors (Lipinski definition) is 1. The summed E-state index contributed by atoms with van der Waals surface area (Å²) in [5, 5.41) is 12.3. The van der Waals surface area contributed by atoms with Crippen LogP contribution in [0, 0.1) is 0 Å². The molecule has 25 heavy (non-hydrogen) atoms. The predicted octanol–water partition coefficient (Wildman–Crippen LogP) is 4.87. The Bertz CT molecular complexity index is 707. The molecule has 1 aliphatic heterocycles. The third-order valence-electron chi connectivity index (χ3n) is 5.62. The van der Waals surface area contributed by atoms with Crippen LogP contribution in [0.1, 0.15) is 44.6 Å². The van der Waals surface area contributed by atoms with E-state index in [2.05, 4.69) is 23.1 Å². The molecule has 0 aliphatic carbocycles. The number of piperidine rings is 1. The van der Waals surface area contributed by atoms with Crippen LogP contribution >= 0.6 is 12.4 Å². The van der Waals surface area contributed by atoms with Gasteiger partial charge in [-0.25, -0.2) is 0 Å². The molecule has 0 amide bonds. The van der Waals surface area contributed by atoms with Gasteiger partial charge in [0, 0.05) is 0 Å². The van der Waals surface area contributed by atoms with Gasteiger partial charge in [-0.2, -0.15) is 0 Å². The number of hydrogen-bond acceptors (Lipinski definition) is 2. The Morgan fingerprint density at radius 3 is 2.44 bits per heavy atom. The van der Waals surface area contributed by atoms with E-state index >= 15 is 0 Å². The fraction of sp³-hybridized carbons (Fsp3) is 0.476. The van der Waals surface area contributed by atoms with E-state index in [-0.39, 0.29) is 12.4 Å². The van der Waals surface area contributed by atoms with Gasteiger partial charge in [0.2, 0.25) is 0 Å². The Morgan fingerprint density at radius 1 is 1.08 bits per heavy atom. The highest BCUT2D eigenvalue weighted by Gasteiger charge is 2.39.